The first-order valence-electron chi connectivity index (χ1n) is 11.1. The van der Waals surface area contributed by atoms with Crippen LogP contribution in [-0.4, -0.2) is 55.8 Å². The second-order valence-electron chi connectivity index (χ2n) is 8.41. The molecular weight excluding hydrogens is 382 g/mol. The van der Waals surface area contributed by atoms with Crippen molar-refractivity contribution in [2.75, 3.05) is 6.61 Å². The van der Waals surface area contributed by atoms with E-state index >= 15 is 0 Å². The van der Waals surface area contributed by atoms with E-state index in [9.17, 15) is 9.90 Å². The van der Waals surface area contributed by atoms with Gasteiger partial charge >= 0.3 is 0 Å². The van der Waals surface area contributed by atoms with Crippen LogP contribution in [0, 0.1) is 0 Å². The van der Waals surface area contributed by atoms with Gasteiger partial charge in [0.15, 0.2) is 0 Å². The molecule has 162 valence electrons. The van der Waals surface area contributed by atoms with Crippen LogP contribution in [0.3, 0.4) is 0 Å². The van der Waals surface area contributed by atoms with E-state index in [1.165, 1.54) is 38.3 Å². The van der Waals surface area contributed by atoms with Crippen LogP contribution in [0.5, 0.6) is 0 Å². The van der Waals surface area contributed by atoms with Crippen molar-refractivity contribution in [2.24, 2.45) is 0 Å². The minimum absolute atomic E-state index is 0.0380. The summed E-state index contributed by atoms with van der Waals surface area (Å²) in [6.07, 6.45) is 13.6. The van der Waals surface area contributed by atoms with Crippen molar-refractivity contribution in [3.8, 4) is 0 Å². The van der Waals surface area contributed by atoms with Crippen molar-refractivity contribution in [3.63, 3.8) is 0 Å². The van der Waals surface area contributed by atoms with Crippen molar-refractivity contribution in [3.05, 3.63) is 42.0 Å². The summed E-state index contributed by atoms with van der Waals surface area (Å²) in [6.45, 7) is 0.624. The average molecular weight is 414 g/mol. The summed E-state index contributed by atoms with van der Waals surface area (Å²) < 4.78 is 8.00. The molecule has 1 aliphatic heterocycles. The van der Waals surface area contributed by atoms with Crippen LogP contribution in [0.15, 0.2) is 30.7 Å². The standard InChI is InChI=1S/C22H31N5O3/c28-15-21-19(24-22(29)17-7-4-11-23-13-17)9-8-18(30-21)10-12-27-14-20(25-26-27)16-5-2-1-3-6-16/h4,7,11,13-14,16,18-19,21,28H,1-3,5-6,8-10,12,15H2,(H,24,29)/t18-,19+,21+/m1/s1. The molecule has 30 heavy (non-hydrogen) atoms. The molecule has 4 rings (SSSR count). The Hall–Kier alpha value is -2.32. The van der Waals surface area contributed by atoms with Gasteiger partial charge in [-0.2, -0.15) is 0 Å². The molecule has 1 aliphatic carbocycles. The Morgan fingerprint density at radius 1 is 1.23 bits per heavy atom. The van der Waals surface area contributed by atoms with Gasteiger partial charge in [0.1, 0.15) is 6.10 Å². The summed E-state index contributed by atoms with van der Waals surface area (Å²) in [7, 11) is 0. The zero-order valence-electron chi connectivity index (χ0n) is 17.3. The molecule has 2 aliphatic rings. The number of nitrogens with one attached hydrogen (secondary N) is 1. The third-order valence-electron chi connectivity index (χ3n) is 6.30. The van der Waals surface area contributed by atoms with Gasteiger partial charge in [-0.3, -0.25) is 14.5 Å². The van der Waals surface area contributed by atoms with E-state index in [1.54, 1.807) is 18.3 Å². The van der Waals surface area contributed by atoms with Crippen LogP contribution in [0.2, 0.25) is 0 Å². The predicted octanol–water partition coefficient (Wildman–Crippen LogP) is 2.45. The molecule has 1 saturated heterocycles. The van der Waals surface area contributed by atoms with Gasteiger partial charge in [0.25, 0.3) is 5.91 Å². The fraction of sp³-hybridized carbons (Fsp3) is 0.636. The monoisotopic (exact) mass is 413 g/mol. The van der Waals surface area contributed by atoms with E-state index in [0.29, 0.717) is 11.5 Å². The van der Waals surface area contributed by atoms with E-state index in [1.807, 2.05) is 4.68 Å². The van der Waals surface area contributed by atoms with E-state index in [0.717, 1.165) is 31.5 Å². The van der Waals surface area contributed by atoms with E-state index in [-0.39, 0.29) is 24.7 Å². The lowest BCUT2D eigenvalue weighted by atomic mass is 9.87. The molecule has 1 amide bonds. The summed E-state index contributed by atoms with van der Waals surface area (Å²) in [6, 6.07) is 3.25. The van der Waals surface area contributed by atoms with Crippen LogP contribution in [-0.2, 0) is 11.3 Å². The maximum absolute atomic E-state index is 12.4. The molecule has 8 nitrogen and oxygen atoms in total. The van der Waals surface area contributed by atoms with Crippen molar-refractivity contribution in [1.82, 2.24) is 25.3 Å². The Kier molecular flexibility index (Phi) is 7.07. The van der Waals surface area contributed by atoms with Gasteiger partial charge in [0, 0.05) is 31.1 Å². The van der Waals surface area contributed by atoms with Crippen molar-refractivity contribution < 1.29 is 14.6 Å². The van der Waals surface area contributed by atoms with Crippen LogP contribution in [0.4, 0.5) is 0 Å². The van der Waals surface area contributed by atoms with Gasteiger partial charge in [0.05, 0.1) is 30.0 Å². The molecule has 0 spiro atoms. The number of ether oxygens (including phenoxy) is 1. The van der Waals surface area contributed by atoms with E-state index in [4.69, 9.17) is 4.74 Å². The molecule has 3 heterocycles. The van der Waals surface area contributed by atoms with Crippen LogP contribution < -0.4 is 5.32 Å². The predicted molar refractivity (Wildman–Crippen MR) is 111 cm³/mol. The van der Waals surface area contributed by atoms with E-state index in [2.05, 4.69) is 26.8 Å². The first kappa shape index (κ1) is 20.9. The molecular formula is C22H31N5O3. The first-order chi connectivity index (χ1) is 14.7. The van der Waals surface area contributed by atoms with Crippen molar-refractivity contribution in [2.45, 2.75) is 82.1 Å². The van der Waals surface area contributed by atoms with Crippen LogP contribution in [0.25, 0.3) is 0 Å². The third-order valence-corrected chi connectivity index (χ3v) is 6.30. The topological polar surface area (TPSA) is 102 Å². The van der Waals surface area contributed by atoms with Gasteiger partial charge in [0.2, 0.25) is 0 Å². The van der Waals surface area contributed by atoms with Crippen molar-refractivity contribution in [1.29, 1.82) is 0 Å². The number of aliphatic hydroxyl groups is 1. The molecule has 2 N–H and O–H groups in total. The summed E-state index contributed by atoms with van der Waals surface area (Å²) in [4.78, 5) is 16.4. The second-order valence-corrected chi connectivity index (χ2v) is 8.41. The number of pyridine rings is 1. The van der Waals surface area contributed by atoms with Crippen LogP contribution >= 0.6 is 0 Å². The molecule has 0 bridgehead atoms. The maximum atomic E-state index is 12.4. The number of aliphatic hydroxyl groups excluding tert-OH is 1. The number of carbonyl (C=O) groups excluding carboxylic acids is 1. The zero-order valence-corrected chi connectivity index (χ0v) is 17.3. The molecule has 2 aromatic heterocycles. The number of amides is 1. The second kappa shape index (κ2) is 10.1. The Balaban J connectivity index is 1.26. The summed E-state index contributed by atoms with van der Waals surface area (Å²) in [5, 5.41) is 21.4. The highest BCUT2D eigenvalue weighted by Gasteiger charge is 2.32. The smallest absolute Gasteiger partial charge is 0.253 e. The average Bonchev–Trinajstić information content (AvgIpc) is 3.28. The van der Waals surface area contributed by atoms with Gasteiger partial charge < -0.3 is 15.2 Å². The largest absolute Gasteiger partial charge is 0.394 e. The van der Waals surface area contributed by atoms with Gasteiger partial charge in [-0.1, -0.05) is 24.5 Å². The molecule has 0 aromatic carbocycles. The van der Waals surface area contributed by atoms with Crippen LogP contribution in [0.1, 0.15) is 73.3 Å². The highest BCUT2D eigenvalue weighted by atomic mass is 16.5. The van der Waals surface area contributed by atoms with Gasteiger partial charge in [-0.05, 0) is 44.2 Å². The molecule has 0 radical (unpaired) electrons. The zero-order chi connectivity index (χ0) is 20.8. The number of hydrogen-bond acceptors (Lipinski definition) is 6. The Bertz CT molecular complexity index is 806. The molecule has 2 fully saturated rings. The number of rotatable bonds is 7. The molecule has 0 unspecified atom stereocenters. The number of nitrogens with zero attached hydrogens (tertiary/aromatic N) is 4. The Morgan fingerprint density at radius 3 is 2.87 bits per heavy atom. The summed E-state index contributed by atoms with van der Waals surface area (Å²) >= 11 is 0. The lowest BCUT2D eigenvalue weighted by molar-refractivity contribution is -0.0912. The third kappa shape index (κ3) is 5.23. The number of aryl methyl sites for hydroxylation is 1. The number of carbonyl (C=O) groups is 1. The SMILES string of the molecule is O=C(N[C@H]1CC[C@H](CCn2cc(C3CCCCC3)nn2)O[C@H]1CO)c1cccnc1. The normalized spacial score (nSPS) is 25.2. The molecule has 2 aromatic rings. The minimum atomic E-state index is -0.405. The molecule has 3 atom stereocenters. The summed E-state index contributed by atoms with van der Waals surface area (Å²) in [5.74, 6) is 0.368. The quantitative estimate of drug-likeness (QED) is 0.723. The highest BCUT2D eigenvalue weighted by molar-refractivity contribution is 5.94. The molecule has 8 heteroatoms. The highest BCUT2D eigenvalue weighted by Crippen LogP contribution is 2.31. The Labute approximate surface area is 177 Å². The number of hydrogen-bond donors (Lipinski definition) is 2. The maximum Gasteiger partial charge on any atom is 0.253 e. The first-order valence-corrected chi connectivity index (χ1v) is 11.1. The van der Waals surface area contributed by atoms with Crippen molar-refractivity contribution >= 4 is 5.91 Å². The van der Waals surface area contributed by atoms with Gasteiger partial charge in [-0.15, -0.1) is 5.10 Å². The number of aromatic nitrogens is 4. The molecule has 1 saturated carbocycles. The Morgan fingerprint density at radius 2 is 2.10 bits per heavy atom. The fourth-order valence-corrected chi connectivity index (χ4v) is 4.54. The summed E-state index contributed by atoms with van der Waals surface area (Å²) in [5.41, 5.74) is 1.63. The lowest BCUT2D eigenvalue weighted by Crippen LogP contribution is -2.51. The fourth-order valence-electron chi connectivity index (χ4n) is 4.54. The minimum Gasteiger partial charge on any atom is -0.394 e. The van der Waals surface area contributed by atoms with E-state index < -0.39 is 6.10 Å². The lowest BCUT2D eigenvalue weighted by Gasteiger charge is -2.36. The van der Waals surface area contributed by atoms with Gasteiger partial charge in [-0.25, -0.2) is 0 Å².